The SMILES string of the molecule is CC(NC(=O)NC(C)c1ccc2c(c1)CCCC2)Oc1ccc(O)cc1. The van der Waals surface area contributed by atoms with Crippen molar-refractivity contribution in [3.05, 3.63) is 59.2 Å². The number of carbonyl (C=O) groups excluding carboxylic acids is 1. The van der Waals surface area contributed by atoms with Gasteiger partial charge in [-0.2, -0.15) is 0 Å². The van der Waals surface area contributed by atoms with Gasteiger partial charge in [-0.1, -0.05) is 18.2 Å². The maximum Gasteiger partial charge on any atom is 0.318 e. The fraction of sp³-hybridized carbons (Fsp3) is 0.381. The van der Waals surface area contributed by atoms with Crippen LogP contribution in [0.4, 0.5) is 4.79 Å². The average molecular weight is 354 g/mol. The summed E-state index contributed by atoms with van der Waals surface area (Å²) in [7, 11) is 0. The van der Waals surface area contributed by atoms with Gasteiger partial charge in [-0.15, -0.1) is 0 Å². The molecule has 5 nitrogen and oxygen atoms in total. The van der Waals surface area contributed by atoms with Crippen LogP contribution in [0.1, 0.15) is 49.4 Å². The highest BCUT2D eigenvalue weighted by molar-refractivity contribution is 5.74. The van der Waals surface area contributed by atoms with Crippen molar-refractivity contribution in [2.75, 3.05) is 0 Å². The molecule has 0 aliphatic heterocycles. The van der Waals surface area contributed by atoms with Crippen LogP contribution in [-0.2, 0) is 12.8 Å². The van der Waals surface area contributed by atoms with Gasteiger partial charge in [0.2, 0.25) is 0 Å². The van der Waals surface area contributed by atoms with E-state index in [1.165, 1.54) is 24.0 Å². The van der Waals surface area contributed by atoms with Crippen molar-refractivity contribution in [1.29, 1.82) is 0 Å². The summed E-state index contributed by atoms with van der Waals surface area (Å²) in [4.78, 5) is 12.2. The molecule has 2 amide bonds. The highest BCUT2D eigenvalue weighted by Gasteiger charge is 2.15. The Bertz CT molecular complexity index is 758. The molecule has 3 rings (SSSR count). The normalized spacial score (nSPS) is 15.5. The zero-order chi connectivity index (χ0) is 18.5. The van der Waals surface area contributed by atoms with Crippen LogP contribution in [0.5, 0.6) is 11.5 Å². The van der Waals surface area contributed by atoms with E-state index in [0.29, 0.717) is 5.75 Å². The predicted octanol–water partition coefficient (Wildman–Crippen LogP) is 4.06. The number of carbonyl (C=O) groups is 1. The third-order valence-corrected chi connectivity index (χ3v) is 4.70. The van der Waals surface area contributed by atoms with E-state index in [0.717, 1.165) is 18.4 Å². The number of amides is 2. The minimum atomic E-state index is -0.490. The summed E-state index contributed by atoms with van der Waals surface area (Å²) >= 11 is 0. The lowest BCUT2D eigenvalue weighted by Gasteiger charge is -2.21. The molecule has 2 atom stereocenters. The van der Waals surface area contributed by atoms with Gasteiger partial charge in [-0.05, 0) is 80.5 Å². The lowest BCUT2D eigenvalue weighted by atomic mass is 9.89. The van der Waals surface area contributed by atoms with Crippen LogP contribution in [0, 0.1) is 0 Å². The quantitative estimate of drug-likeness (QED) is 0.709. The van der Waals surface area contributed by atoms with Gasteiger partial charge in [-0.3, -0.25) is 0 Å². The van der Waals surface area contributed by atoms with Crippen molar-refractivity contribution in [3.63, 3.8) is 0 Å². The molecule has 0 fully saturated rings. The predicted molar refractivity (Wildman–Crippen MR) is 101 cm³/mol. The molecule has 0 spiro atoms. The van der Waals surface area contributed by atoms with Gasteiger partial charge in [0.15, 0.2) is 6.23 Å². The number of hydrogen-bond donors (Lipinski definition) is 3. The van der Waals surface area contributed by atoms with Crippen LogP contribution in [0.15, 0.2) is 42.5 Å². The first-order chi connectivity index (χ1) is 12.5. The molecule has 138 valence electrons. The van der Waals surface area contributed by atoms with E-state index in [9.17, 15) is 9.90 Å². The summed E-state index contributed by atoms with van der Waals surface area (Å²) in [6.07, 6.45) is 4.30. The zero-order valence-corrected chi connectivity index (χ0v) is 15.3. The Kier molecular flexibility index (Phi) is 5.66. The Hall–Kier alpha value is -2.69. The average Bonchev–Trinajstić information content (AvgIpc) is 2.63. The number of urea groups is 1. The van der Waals surface area contributed by atoms with Crippen LogP contribution in [0.25, 0.3) is 0 Å². The largest absolute Gasteiger partial charge is 0.508 e. The number of hydrogen-bond acceptors (Lipinski definition) is 3. The second-order valence-electron chi connectivity index (χ2n) is 6.83. The number of aryl methyl sites for hydroxylation is 2. The van der Waals surface area contributed by atoms with Gasteiger partial charge in [0.25, 0.3) is 0 Å². The van der Waals surface area contributed by atoms with E-state index in [2.05, 4.69) is 28.8 Å². The lowest BCUT2D eigenvalue weighted by Crippen LogP contribution is -2.44. The number of phenolic OH excluding ortho intramolecular Hbond substituents is 1. The second-order valence-corrected chi connectivity index (χ2v) is 6.83. The molecule has 0 saturated heterocycles. The van der Waals surface area contributed by atoms with Crippen LogP contribution in [0.3, 0.4) is 0 Å². The van der Waals surface area contributed by atoms with E-state index < -0.39 is 6.23 Å². The summed E-state index contributed by atoms with van der Waals surface area (Å²) in [5, 5.41) is 15.0. The van der Waals surface area contributed by atoms with Gasteiger partial charge < -0.3 is 20.5 Å². The third-order valence-electron chi connectivity index (χ3n) is 4.70. The Balaban J connectivity index is 1.53. The number of nitrogens with one attached hydrogen (secondary N) is 2. The number of ether oxygens (including phenoxy) is 1. The van der Waals surface area contributed by atoms with Crippen molar-refractivity contribution in [2.45, 2.75) is 51.8 Å². The number of rotatable bonds is 5. The summed E-state index contributed by atoms with van der Waals surface area (Å²) in [5.41, 5.74) is 3.97. The topological polar surface area (TPSA) is 70.6 Å². The van der Waals surface area contributed by atoms with Gasteiger partial charge in [0.05, 0.1) is 6.04 Å². The lowest BCUT2D eigenvalue weighted by molar-refractivity contribution is 0.175. The summed E-state index contributed by atoms with van der Waals surface area (Å²) in [6.45, 7) is 3.74. The Morgan fingerprint density at radius 1 is 1.00 bits per heavy atom. The molecule has 0 radical (unpaired) electrons. The fourth-order valence-corrected chi connectivity index (χ4v) is 3.29. The van der Waals surface area contributed by atoms with Crippen molar-refractivity contribution in [3.8, 4) is 11.5 Å². The Morgan fingerprint density at radius 3 is 2.42 bits per heavy atom. The van der Waals surface area contributed by atoms with Crippen LogP contribution < -0.4 is 15.4 Å². The summed E-state index contributed by atoms with van der Waals surface area (Å²) in [5.74, 6) is 0.757. The van der Waals surface area contributed by atoms with E-state index in [1.54, 1.807) is 31.2 Å². The number of benzene rings is 2. The third kappa shape index (κ3) is 4.69. The van der Waals surface area contributed by atoms with Crippen LogP contribution in [-0.4, -0.2) is 17.4 Å². The van der Waals surface area contributed by atoms with Gasteiger partial charge in [0, 0.05) is 0 Å². The molecule has 0 bridgehead atoms. The van der Waals surface area contributed by atoms with Gasteiger partial charge in [-0.25, -0.2) is 4.79 Å². The Morgan fingerprint density at radius 2 is 1.69 bits per heavy atom. The molecule has 2 aromatic carbocycles. The molecule has 26 heavy (non-hydrogen) atoms. The van der Waals surface area contributed by atoms with E-state index in [1.807, 2.05) is 6.92 Å². The van der Waals surface area contributed by atoms with Crippen LogP contribution in [0.2, 0.25) is 0 Å². The van der Waals surface area contributed by atoms with E-state index >= 15 is 0 Å². The molecule has 2 unspecified atom stereocenters. The molecule has 5 heteroatoms. The molecule has 1 aliphatic carbocycles. The first-order valence-corrected chi connectivity index (χ1v) is 9.15. The summed E-state index contributed by atoms with van der Waals surface area (Å²) in [6, 6.07) is 12.5. The van der Waals surface area contributed by atoms with Crippen molar-refractivity contribution < 1.29 is 14.6 Å². The van der Waals surface area contributed by atoms with Crippen LogP contribution >= 0.6 is 0 Å². The van der Waals surface area contributed by atoms with Crippen molar-refractivity contribution in [2.24, 2.45) is 0 Å². The fourth-order valence-electron chi connectivity index (χ4n) is 3.29. The standard InChI is InChI=1S/C21H26N2O3/c1-14(17-8-7-16-5-3-4-6-18(16)13-17)22-21(25)23-15(2)26-20-11-9-19(24)10-12-20/h7-15,24H,3-6H2,1-2H3,(H2,22,23,25). The van der Waals surface area contributed by atoms with Gasteiger partial charge >= 0.3 is 6.03 Å². The van der Waals surface area contributed by atoms with Crippen molar-refractivity contribution >= 4 is 6.03 Å². The first kappa shape index (κ1) is 18.1. The maximum atomic E-state index is 12.2. The van der Waals surface area contributed by atoms with E-state index in [4.69, 9.17) is 4.74 Å². The highest BCUT2D eigenvalue weighted by Crippen LogP contribution is 2.24. The molecule has 3 N–H and O–H groups in total. The summed E-state index contributed by atoms with van der Waals surface area (Å²) < 4.78 is 5.62. The zero-order valence-electron chi connectivity index (χ0n) is 15.3. The van der Waals surface area contributed by atoms with E-state index in [-0.39, 0.29) is 17.8 Å². The Labute approximate surface area is 154 Å². The molecule has 0 saturated carbocycles. The molecule has 0 aromatic heterocycles. The second kappa shape index (κ2) is 8.13. The minimum absolute atomic E-state index is 0.0805. The number of aromatic hydroxyl groups is 1. The van der Waals surface area contributed by atoms with Crippen molar-refractivity contribution in [1.82, 2.24) is 10.6 Å². The molecular weight excluding hydrogens is 328 g/mol. The first-order valence-electron chi connectivity index (χ1n) is 9.15. The highest BCUT2D eigenvalue weighted by atomic mass is 16.5. The molecular formula is C21H26N2O3. The minimum Gasteiger partial charge on any atom is -0.508 e. The monoisotopic (exact) mass is 354 g/mol. The number of fused-ring (bicyclic) bond motifs is 1. The van der Waals surface area contributed by atoms with Gasteiger partial charge in [0.1, 0.15) is 11.5 Å². The maximum absolute atomic E-state index is 12.2. The number of phenols is 1. The molecule has 1 aliphatic rings. The molecule has 0 heterocycles. The smallest absolute Gasteiger partial charge is 0.318 e. The molecule has 2 aromatic rings.